The molecule has 1 aromatic heterocycles. The van der Waals surface area contributed by atoms with Crippen LogP contribution in [-0.4, -0.2) is 37.9 Å². The lowest BCUT2D eigenvalue weighted by molar-refractivity contribution is -0.128. The van der Waals surface area contributed by atoms with Crippen molar-refractivity contribution < 1.29 is 4.79 Å². The summed E-state index contributed by atoms with van der Waals surface area (Å²) in [6.45, 7) is 3.28. The van der Waals surface area contributed by atoms with Gasteiger partial charge in [0.2, 0.25) is 5.91 Å². The molecule has 0 radical (unpaired) electrons. The molecule has 0 unspecified atom stereocenters. The lowest BCUT2D eigenvalue weighted by atomic mass is 10.2. The van der Waals surface area contributed by atoms with Crippen LogP contribution < -0.4 is 0 Å². The molecule has 3 aromatic rings. The number of benzene rings is 2. The molecule has 0 atom stereocenters. The van der Waals surface area contributed by atoms with Crippen molar-refractivity contribution in [3.63, 3.8) is 0 Å². The molecule has 0 bridgehead atoms. The van der Waals surface area contributed by atoms with E-state index in [-0.39, 0.29) is 5.91 Å². The number of hydrogen-bond donors (Lipinski definition) is 0. The van der Waals surface area contributed by atoms with Gasteiger partial charge >= 0.3 is 0 Å². The van der Waals surface area contributed by atoms with E-state index >= 15 is 0 Å². The van der Waals surface area contributed by atoms with Gasteiger partial charge in [0.25, 0.3) is 0 Å². The number of carbonyl (C=O) groups is 1. The largest absolute Gasteiger partial charge is 0.338 e. The highest BCUT2D eigenvalue weighted by atomic mass is 35.5. The molecular formula is C20H21ClN4OS. The first-order chi connectivity index (χ1) is 13.1. The molecule has 2 aromatic carbocycles. The maximum atomic E-state index is 12.6. The van der Waals surface area contributed by atoms with Crippen molar-refractivity contribution in [1.82, 2.24) is 19.7 Å². The SMILES string of the molecule is CCN(Cc1ccccc1)C(=O)CSc1nnc(-c2ccc(Cl)cc2)n1C. The summed E-state index contributed by atoms with van der Waals surface area (Å²) < 4.78 is 1.90. The zero-order valence-corrected chi connectivity index (χ0v) is 16.9. The zero-order valence-electron chi connectivity index (χ0n) is 15.3. The van der Waals surface area contributed by atoms with E-state index in [4.69, 9.17) is 11.6 Å². The van der Waals surface area contributed by atoms with E-state index in [0.29, 0.717) is 29.0 Å². The van der Waals surface area contributed by atoms with Crippen molar-refractivity contribution >= 4 is 29.3 Å². The van der Waals surface area contributed by atoms with E-state index in [0.717, 1.165) is 17.0 Å². The van der Waals surface area contributed by atoms with Crippen molar-refractivity contribution in [1.29, 1.82) is 0 Å². The smallest absolute Gasteiger partial charge is 0.233 e. The molecule has 27 heavy (non-hydrogen) atoms. The van der Waals surface area contributed by atoms with Gasteiger partial charge in [-0.1, -0.05) is 53.7 Å². The number of hydrogen-bond acceptors (Lipinski definition) is 4. The summed E-state index contributed by atoms with van der Waals surface area (Å²) in [5.41, 5.74) is 2.06. The summed E-state index contributed by atoms with van der Waals surface area (Å²) >= 11 is 7.34. The Morgan fingerprint density at radius 1 is 1.11 bits per heavy atom. The lowest BCUT2D eigenvalue weighted by Gasteiger charge is -2.20. The van der Waals surface area contributed by atoms with E-state index in [9.17, 15) is 4.79 Å². The second kappa shape index (κ2) is 9.06. The third-order valence-electron chi connectivity index (χ3n) is 4.21. The Labute approximate surface area is 168 Å². The van der Waals surface area contributed by atoms with Crippen LogP contribution in [-0.2, 0) is 18.4 Å². The molecule has 0 fully saturated rings. The maximum Gasteiger partial charge on any atom is 0.233 e. The van der Waals surface area contributed by atoms with Crippen LogP contribution in [0.5, 0.6) is 0 Å². The van der Waals surface area contributed by atoms with Crippen molar-refractivity contribution in [3.8, 4) is 11.4 Å². The highest BCUT2D eigenvalue weighted by molar-refractivity contribution is 7.99. The first-order valence-electron chi connectivity index (χ1n) is 8.68. The maximum absolute atomic E-state index is 12.6. The Bertz CT molecular complexity index is 896. The quantitative estimate of drug-likeness (QED) is 0.555. The summed E-state index contributed by atoms with van der Waals surface area (Å²) in [4.78, 5) is 14.5. The second-order valence-electron chi connectivity index (χ2n) is 6.05. The van der Waals surface area contributed by atoms with Crippen LogP contribution >= 0.6 is 23.4 Å². The monoisotopic (exact) mass is 400 g/mol. The number of rotatable bonds is 7. The molecule has 0 saturated heterocycles. The van der Waals surface area contributed by atoms with Crippen molar-refractivity contribution in [2.45, 2.75) is 18.6 Å². The van der Waals surface area contributed by atoms with E-state index < -0.39 is 0 Å². The summed E-state index contributed by atoms with van der Waals surface area (Å²) in [5.74, 6) is 1.16. The lowest BCUT2D eigenvalue weighted by Crippen LogP contribution is -2.31. The predicted octanol–water partition coefficient (Wildman–Crippen LogP) is 4.28. The van der Waals surface area contributed by atoms with Gasteiger partial charge in [0.15, 0.2) is 11.0 Å². The minimum Gasteiger partial charge on any atom is -0.338 e. The van der Waals surface area contributed by atoms with Gasteiger partial charge in [-0.05, 0) is 36.8 Å². The Kier molecular flexibility index (Phi) is 6.53. The highest BCUT2D eigenvalue weighted by Gasteiger charge is 2.16. The van der Waals surface area contributed by atoms with E-state index in [1.165, 1.54) is 11.8 Å². The fraction of sp³-hybridized carbons (Fsp3) is 0.250. The Balaban J connectivity index is 1.64. The molecule has 3 rings (SSSR count). The molecule has 140 valence electrons. The standard InChI is InChI=1S/C20H21ClN4OS/c1-3-25(13-15-7-5-4-6-8-15)18(26)14-27-20-23-22-19(24(20)2)16-9-11-17(21)12-10-16/h4-12H,3,13-14H2,1-2H3. The molecule has 0 aliphatic heterocycles. The summed E-state index contributed by atoms with van der Waals surface area (Å²) in [6, 6.07) is 17.5. The van der Waals surface area contributed by atoms with Gasteiger partial charge in [-0.15, -0.1) is 10.2 Å². The van der Waals surface area contributed by atoms with Crippen LogP contribution in [0.25, 0.3) is 11.4 Å². The molecule has 0 spiro atoms. The first-order valence-corrected chi connectivity index (χ1v) is 10.0. The molecule has 0 saturated carbocycles. The average molecular weight is 401 g/mol. The molecule has 7 heteroatoms. The van der Waals surface area contributed by atoms with Crippen molar-refractivity contribution in [2.75, 3.05) is 12.3 Å². The zero-order chi connectivity index (χ0) is 19.2. The van der Waals surface area contributed by atoms with E-state index in [1.54, 1.807) is 0 Å². The molecule has 0 N–H and O–H groups in total. The third kappa shape index (κ3) is 4.90. The van der Waals surface area contributed by atoms with Gasteiger partial charge in [-0.25, -0.2) is 0 Å². The normalized spacial score (nSPS) is 10.8. The van der Waals surface area contributed by atoms with Crippen LogP contribution in [0, 0.1) is 0 Å². The molecule has 5 nitrogen and oxygen atoms in total. The summed E-state index contributed by atoms with van der Waals surface area (Å²) in [5, 5.41) is 9.87. The first kappa shape index (κ1) is 19.5. The summed E-state index contributed by atoms with van der Waals surface area (Å²) in [6.07, 6.45) is 0. The Morgan fingerprint density at radius 3 is 2.48 bits per heavy atom. The highest BCUT2D eigenvalue weighted by Crippen LogP contribution is 2.24. The van der Waals surface area contributed by atoms with Gasteiger partial charge in [0, 0.05) is 30.7 Å². The van der Waals surface area contributed by atoms with Crippen molar-refractivity contribution in [2.24, 2.45) is 7.05 Å². The summed E-state index contributed by atoms with van der Waals surface area (Å²) in [7, 11) is 1.90. The van der Waals surface area contributed by atoms with Gasteiger partial charge < -0.3 is 9.47 Å². The predicted molar refractivity (Wildman–Crippen MR) is 110 cm³/mol. The van der Waals surface area contributed by atoms with Crippen LogP contribution in [0.4, 0.5) is 0 Å². The Morgan fingerprint density at radius 2 is 1.81 bits per heavy atom. The molecular weight excluding hydrogens is 380 g/mol. The molecule has 1 heterocycles. The van der Waals surface area contributed by atoms with Crippen LogP contribution in [0.15, 0.2) is 59.8 Å². The van der Waals surface area contributed by atoms with Crippen molar-refractivity contribution in [3.05, 3.63) is 65.2 Å². The molecule has 1 amide bonds. The number of halogens is 1. The number of carbonyl (C=O) groups excluding carboxylic acids is 1. The minimum atomic E-state index is 0.0856. The Hall–Kier alpha value is -2.31. The topological polar surface area (TPSA) is 51.0 Å². The van der Waals surface area contributed by atoms with Gasteiger partial charge in [0.05, 0.1) is 5.75 Å². The molecule has 0 aliphatic carbocycles. The average Bonchev–Trinajstić information content (AvgIpc) is 3.06. The number of thioether (sulfide) groups is 1. The fourth-order valence-corrected chi connectivity index (χ4v) is 3.63. The third-order valence-corrected chi connectivity index (χ3v) is 5.47. The van der Waals surface area contributed by atoms with E-state index in [2.05, 4.69) is 10.2 Å². The number of nitrogens with zero attached hydrogens (tertiary/aromatic N) is 4. The van der Waals surface area contributed by atoms with E-state index in [1.807, 2.05) is 78.0 Å². The van der Waals surface area contributed by atoms with Gasteiger partial charge in [-0.3, -0.25) is 4.79 Å². The number of amides is 1. The second-order valence-corrected chi connectivity index (χ2v) is 7.43. The fourth-order valence-electron chi connectivity index (χ4n) is 2.69. The van der Waals surface area contributed by atoms with Crippen LogP contribution in [0.2, 0.25) is 5.02 Å². The van der Waals surface area contributed by atoms with Crippen LogP contribution in [0.1, 0.15) is 12.5 Å². The minimum absolute atomic E-state index is 0.0856. The molecule has 0 aliphatic rings. The van der Waals surface area contributed by atoms with Gasteiger partial charge in [0.1, 0.15) is 0 Å². The van der Waals surface area contributed by atoms with Gasteiger partial charge in [-0.2, -0.15) is 0 Å². The van der Waals surface area contributed by atoms with Crippen LogP contribution in [0.3, 0.4) is 0 Å². The number of aromatic nitrogens is 3.